The minimum atomic E-state index is -0.531. The molecule has 1 aliphatic carbocycles. The number of primary amides is 1. The Kier molecular flexibility index (Phi) is 2.83. The molecule has 0 radical (unpaired) electrons. The van der Waals surface area contributed by atoms with Crippen LogP contribution in [0.4, 0.5) is 0 Å². The van der Waals surface area contributed by atoms with E-state index in [1.807, 2.05) is 24.3 Å². The molecule has 19 heavy (non-hydrogen) atoms. The second-order valence-corrected chi connectivity index (χ2v) is 4.85. The molecule has 0 unspecified atom stereocenters. The number of aromatic nitrogens is 1. The van der Waals surface area contributed by atoms with Gasteiger partial charge in [0.15, 0.2) is 0 Å². The van der Waals surface area contributed by atoms with Crippen molar-refractivity contribution in [1.82, 2.24) is 4.98 Å². The average molecular weight is 257 g/mol. The molecule has 1 amide bonds. The van der Waals surface area contributed by atoms with Crippen LogP contribution in [-0.2, 0) is 0 Å². The first-order valence-corrected chi connectivity index (χ1v) is 6.25. The van der Waals surface area contributed by atoms with Crippen molar-refractivity contribution in [3.8, 4) is 5.75 Å². The highest BCUT2D eigenvalue weighted by atomic mass is 16.5. The summed E-state index contributed by atoms with van der Waals surface area (Å²) in [5.41, 5.74) is 12.2. The SMILES string of the molecule is NC(=O)c1cnc2ccccc2c1OC1CC(N)C1. The maximum absolute atomic E-state index is 11.5. The van der Waals surface area contributed by atoms with E-state index in [2.05, 4.69) is 4.98 Å². The van der Waals surface area contributed by atoms with Crippen molar-refractivity contribution in [3.63, 3.8) is 0 Å². The predicted octanol–water partition coefficient (Wildman–Crippen LogP) is 1.20. The smallest absolute Gasteiger partial charge is 0.254 e. The summed E-state index contributed by atoms with van der Waals surface area (Å²) in [6.45, 7) is 0. The Balaban J connectivity index is 2.06. The zero-order valence-electron chi connectivity index (χ0n) is 10.4. The van der Waals surface area contributed by atoms with E-state index in [1.165, 1.54) is 6.20 Å². The molecule has 1 saturated carbocycles. The van der Waals surface area contributed by atoms with Gasteiger partial charge in [-0.25, -0.2) is 0 Å². The number of amides is 1. The Bertz CT molecular complexity index is 636. The maximum Gasteiger partial charge on any atom is 0.254 e. The van der Waals surface area contributed by atoms with Gasteiger partial charge < -0.3 is 16.2 Å². The Hall–Kier alpha value is -2.14. The number of hydrogen-bond donors (Lipinski definition) is 2. The van der Waals surface area contributed by atoms with Crippen LogP contribution in [0.25, 0.3) is 10.9 Å². The highest BCUT2D eigenvalue weighted by molar-refractivity contribution is 6.01. The van der Waals surface area contributed by atoms with Crippen molar-refractivity contribution in [3.05, 3.63) is 36.0 Å². The number of benzene rings is 1. The van der Waals surface area contributed by atoms with E-state index in [4.69, 9.17) is 16.2 Å². The summed E-state index contributed by atoms with van der Waals surface area (Å²) in [4.78, 5) is 15.7. The zero-order chi connectivity index (χ0) is 13.4. The number of carbonyl (C=O) groups is 1. The third kappa shape index (κ3) is 2.13. The van der Waals surface area contributed by atoms with Crippen LogP contribution in [0.2, 0.25) is 0 Å². The molecule has 1 heterocycles. The topological polar surface area (TPSA) is 91.2 Å². The number of rotatable bonds is 3. The quantitative estimate of drug-likeness (QED) is 0.864. The first-order chi connectivity index (χ1) is 9.15. The number of para-hydroxylation sites is 1. The number of carbonyl (C=O) groups excluding carboxylic acids is 1. The number of fused-ring (bicyclic) bond motifs is 1. The fourth-order valence-electron chi connectivity index (χ4n) is 2.29. The van der Waals surface area contributed by atoms with Gasteiger partial charge in [-0.15, -0.1) is 0 Å². The van der Waals surface area contributed by atoms with Crippen molar-refractivity contribution in [2.45, 2.75) is 25.0 Å². The van der Waals surface area contributed by atoms with Gasteiger partial charge >= 0.3 is 0 Å². The summed E-state index contributed by atoms with van der Waals surface area (Å²) in [5, 5.41) is 0.805. The molecular formula is C14H15N3O2. The predicted molar refractivity (Wildman–Crippen MR) is 71.9 cm³/mol. The lowest BCUT2D eigenvalue weighted by Crippen LogP contribution is -2.43. The first kappa shape index (κ1) is 11.9. The fraction of sp³-hybridized carbons (Fsp3) is 0.286. The number of ether oxygens (including phenoxy) is 1. The third-order valence-corrected chi connectivity index (χ3v) is 3.41. The fourth-order valence-corrected chi connectivity index (χ4v) is 2.29. The average Bonchev–Trinajstić information content (AvgIpc) is 2.36. The van der Waals surface area contributed by atoms with Crippen LogP contribution in [0.3, 0.4) is 0 Å². The van der Waals surface area contributed by atoms with Gasteiger partial charge in [0.25, 0.3) is 5.91 Å². The van der Waals surface area contributed by atoms with Gasteiger partial charge in [0.1, 0.15) is 17.4 Å². The van der Waals surface area contributed by atoms with Gasteiger partial charge in [-0.05, 0) is 25.0 Å². The molecule has 1 aromatic heterocycles. The second kappa shape index (κ2) is 4.51. The summed E-state index contributed by atoms with van der Waals surface area (Å²) in [6.07, 6.45) is 3.13. The zero-order valence-corrected chi connectivity index (χ0v) is 10.4. The molecule has 1 fully saturated rings. The summed E-state index contributed by atoms with van der Waals surface area (Å²) >= 11 is 0. The normalized spacial score (nSPS) is 21.9. The lowest BCUT2D eigenvalue weighted by atomic mass is 9.90. The Morgan fingerprint density at radius 1 is 1.32 bits per heavy atom. The molecule has 0 spiro atoms. The third-order valence-electron chi connectivity index (χ3n) is 3.41. The number of hydrogen-bond acceptors (Lipinski definition) is 4. The minimum absolute atomic E-state index is 0.0545. The molecule has 0 saturated heterocycles. The molecule has 0 bridgehead atoms. The summed E-state index contributed by atoms with van der Waals surface area (Å²) in [5.74, 6) is -0.00752. The molecule has 1 aromatic carbocycles. The second-order valence-electron chi connectivity index (χ2n) is 4.85. The Morgan fingerprint density at radius 3 is 2.74 bits per heavy atom. The van der Waals surface area contributed by atoms with Crippen LogP contribution in [0.5, 0.6) is 5.75 Å². The van der Waals surface area contributed by atoms with Gasteiger partial charge in [-0.3, -0.25) is 9.78 Å². The molecule has 1 aliphatic rings. The van der Waals surface area contributed by atoms with E-state index in [0.29, 0.717) is 11.3 Å². The van der Waals surface area contributed by atoms with Crippen molar-refractivity contribution >= 4 is 16.8 Å². The Labute approximate surface area is 110 Å². The van der Waals surface area contributed by atoms with E-state index in [9.17, 15) is 4.79 Å². The van der Waals surface area contributed by atoms with Gasteiger partial charge in [0.05, 0.1) is 5.52 Å². The van der Waals surface area contributed by atoms with E-state index in [0.717, 1.165) is 23.7 Å². The van der Waals surface area contributed by atoms with Crippen LogP contribution in [0, 0.1) is 0 Å². The van der Waals surface area contributed by atoms with Crippen LogP contribution >= 0.6 is 0 Å². The van der Waals surface area contributed by atoms with Gasteiger partial charge in [-0.2, -0.15) is 0 Å². The molecule has 3 rings (SSSR count). The van der Waals surface area contributed by atoms with Gasteiger partial charge in [0, 0.05) is 17.6 Å². The van der Waals surface area contributed by atoms with E-state index in [-0.39, 0.29) is 12.1 Å². The van der Waals surface area contributed by atoms with Crippen LogP contribution in [-0.4, -0.2) is 23.0 Å². The summed E-state index contributed by atoms with van der Waals surface area (Å²) in [7, 11) is 0. The van der Waals surface area contributed by atoms with Crippen LogP contribution < -0.4 is 16.2 Å². The lowest BCUT2D eigenvalue weighted by Gasteiger charge is -2.33. The number of nitrogens with zero attached hydrogens (tertiary/aromatic N) is 1. The first-order valence-electron chi connectivity index (χ1n) is 6.25. The molecule has 4 N–H and O–H groups in total. The highest BCUT2D eigenvalue weighted by Crippen LogP contribution is 2.32. The van der Waals surface area contributed by atoms with Crippen molar-refractivity contribution in [1.29, 1.82) is 0 Å². The van der Waals surface area contributed by atoms with E-state index < -0.39 is 5.91 Å². The number of nitrogens with two attached hydrogens (primary N) is 2. The van der Waals surface area contributed by atoms with Crippen molar-refractivity contribution in [2.75, 3.05) is 0 Å². The monoisotopic (exact) mass is 257 g/mol. The Morgan fingerprint density at radius 2 is 2.05 bits per heavy atom. The van der Waals surface area contributed by atoms with Crippen molar-refractivity contribution in [2.24, 2.45) is 11.5 Å². The van der Waals surface area contributed by atoms with Crippen molar-refractivity contribution < 1.29 is 9.53 Å². The van der Waals surface area contributed by atoms with E-state index >= 15 is 0 Å². The molecule has 5 nitrogen and oxygen atoms in total. The van der Waals surface area contributed by atoms with E-state index in [1.54, 1.807) is 0 Å². The minimum Gasteiger partial charge on any atom is -0.489 e. The molecular weight excluding hydrogens is 242 g/mol. The number of pyridine rings is 1. The van der Waals surface area contributed by atoms with Gasteiger partial charge in [0.2, 0.25) is 0 Å². The summed E-state index contributed by atoms with van der Waals surface area (Å²) < 4.78 is 5.91. The lowest BCUT2D eigenvalue weighted by molar-refractivity contribution is 0.0935. The molecule has 0 aliphatic heterocycles. The molecule has 5 heteroatoms. The van der Waals surface area contributed by atoms with Crippen LogP contribution in [0.1, 0.15) is 23.2 Å². The van der Waals surface area contributed by atoms with Crippen LogP contribution in [0.15, 0.2) is 30.5 Å². The van der Waals surface area contributed by atoms with Gasteiger partial charge in [-0.1, -0.05) is 12.1 Å². The molecule has 2 aromatic rings. The molecule has 0 atom stereocenters. The highest BCUT2D eigenvalue weighted by Gasteiger charge is 2.29. The summed E-state index contributed by atoms with van der Waals surface area (Å²) in [6, 6.07) is 7.72. The largest absolute Gasteiger partial charge is 0.489 e. The standard InChI is InChI=1S/C14H15N3O2/c15-8-5-9(6-8)19-13-10-3-1-2-4-12(10)17-7-11(13)14(16)18/h1-4,7-9H,5-6,15H2,(H2,16,18). The molecule has 98 valence electrons. The maximum atomic E-state index is 11.5.